The lowest BCUT2D eigenvalue weighted by Gasteiger charge is -2.25. The molecule has 1 heterocycles. The van der Waals surface area contributed by atoms with Crippen LogP contribution in [0.15, 0.2) is 89.9 Å². The van der Waals surface area contributed by atoms with E-state index in [1.54, 1.807) is 35.0 Å². The Morgan fingerprint density at radius 2 is 1.57 bits per heavy atom. The van der Waals surface area contributed by atoms with Crippen molar-refractivity contribution in [2.75, 3.05) is 6.54 Å². The van der Waals surface area contributed by atoms with Crippen LogP contribution < -0.4 is 16.2 Å². The van der Waals surface area contributed by atoms with Crippen LogP contribution >= 0.6 is 0 Å². The number of amides is 1. The summed E-state index contributed by atoms with van der Waals surface area (Å²) in [4.78, 5) is 27.2. The van der Waals surface area contributed by atoms with Crippen LogP contribution in [0.4, 0.5) is 13.2 Å². The number of rotatable bonds is 14. The van der Waals surface area contributed by atoms with E-state index in [2.05, 4.69) is 24.5 Å². The summed E-state index contributed by atoms with van der Waals surface area (Å²) in [5.41, 5.74) is 0.783. The van der Waals surface area contributed by atoms with E-state index in [4.69, 9.17) is 0 Å². The Hall–Kier alpha value is -3.95. The van der Waals surface area contributed by atoms with Gasteiger partial charge in [-0.1, -0.05) is 81.3 Å². The van der Waals surface area contributed by atoms with Gasteiger partial charge in [0.1, 0.15) is 0 Å². The first-order valence-electron chi connectivity index (χ1n) is 15.2. The van der Waals surface area contributed by atoms with Crippen molar-refractivity contribution in [1.82, 2.24) is 15.2 Å². The zero-order chi connectivity index (χ0) is 31.7. The maximum absolute atomic E-state index is 13.7. The summed E-state index contributed by atoms with van der Waals surface area (Å²) in [7, 11) is 0. The standard InChI is InChI=1S/C35H40F3N3O3/c1-3-10-27(11-4-2)41-19-18-28-29(16-9-17-30(28)34(41)44)33(43)40-31(21-24-12-6-5-7-13-24)32(42)23-39-22-25-14-8-15-26(20-25)35(36,37)38/h5-9,12-20,27,31-32,39,42H,3-4,10-11,21-23H2,1-2H3,(H,40,43)/t31-,32+/m0/s1. The molecule has 0 aliphatic heterocycles. The Morgan fingerprint density at radius 1 is 0.886 bits per heavy atom. The molecule has 3 aromatic carbocycles. The van der Waals surface area contributed by atoms with Crippen LogP contribution in [-0.2, 0) is 19.1 Å². The van der Waals surface area contributed by atoms with Gasteiger partial charge in [0.25, 0.3) is 11.5 Å². The van der Waals surface area contributed by atoms with Crippen LogP contribution in [0.2, 0.25) is 0 Å². The summed E-state index contributed by atoms with van der Waals surface area (Å²) in [5.74, 6) is -0.427. The molecule has 0 aliphatic carbocycles. The van der Waals surface area contributed by atoms with Crippen LogP contribution in [0.5, 0.6) is 0 Å². The second-order valence-corrected chi connectivity index (χ2v) is 11.2. The second kappa shape index (κ2) is 15.2. The number of fused-ring (bicyclic) bond motifs is 1. The van der Waals surface area contributed by atoms with Gasteiger partial charge in [0.05, 0.1) is 17.7 Å². The molecule has 4 rings (SSSR count). The number of aliphatic hydroxyl groups is 1. The minimum atomic E-state index is -4.44. The molecule has 3 N–H and O–H groups in total. The fraction of sp³-hybridized carbons (Fsp3) is 0.371. The van der Waals surface area contributed by atoms with Crippen molar-refractivity contribution in [1.29, 1.82) is 0 Å². The molecule has 1 aromatic heterocycles. The molecule has 0 fully saturated rings. The number of carbonyl (C=O) groups excluding carboxylic acids is 1. The summed E-state index contributed by atoms with van der Waals surface area (Å²) in [6, 6.07) is 20.7. The van der Waals surface area contributed by atoms with Crippen molar-refractivity contribution >= 4 is 16.7 Å². The van der Waals surface area contributed by atoms with Crippen molar-refractivity contribution in [3.8, 4) is 0 Å². The first kappa shape index (κ1) is 33.0. The minimum absolute atomic E-state index is 0.0323. The zero-order valence-electron chi connectivity index (χ0n) is 25.1. The van der Waals surface area contributed by atoms with Crippen LogP contribution in [-0.4, -0.2) is 34.3 Å². The SMILES string of the molecule is CCCC(CCC)n1ccc2c(C(=O)N[C@@H](Cc3ccccc3)[C@H](O)CNCc3cccc(C(F)(F)F)c3)cccc2c1=O. The monoisotopic (exact) mass is 607 g/mol. The first-order valence-corrected chi connectivity index (χ1v) is 15.2. The molecule has 0 aliphatic rings. The van der Waals surface area contributed by atoms with Gasteiger partial charge in [0.15, 0.2) is 0 Å². The van der Waals surface area contributed by atoms with Crippen LogP contribution in [0, 0.1) is 0 Å². The topological polar surface area (TPSA) is 83.4 Å². The molecule has 6 nitrogen and oxygen atoms in total. The van der Waals surface area contributed by atoms with E-state index < -0.39 is 29.8 Å². The maximum atomic E-state index is 13.7. The van der Waals surface area contributed by atoms with E-state index in [1.807, 2.05) is 36.4 Å². The molecule has 4 aromatic rings. The molecule has 0 saturated heterocycles. The fourth-order valence-electron chi connectivity index (χ4n) is 5.63. The average molecular weight is 608 g/mol. The van der Waals surface area contributed by atoms with Crippen molar-refractivity contribution in [2.45, 2.75) is 76.9 Å². The van der Waals surface area contributed by atoms with Crippen molar-refractivity contribution in [3.63, 3.8) is 0 Å². The summed E-state index contributed by atoms with van der Waals surface area (Å²) < 4.78 is 41.1. The van der Waals surface area contributed by atoms with E-state index in [9.17, 15) is 27.9 Å². The van der Waals surface area contributed by atoms with Crippen molar-refractivity contribution in [3.05, 3.63) is 118 Å². The average Bonchev–Trinajstić information content (AvgIpc) is 3.01. The van der Waals surface area contributed by atoms with Gasteiger partial charge in [-0.05, 0) is 54.7 Å². The Morgan fingerprint density at radius 3 is 2.25 bits per heavy atom. The number of nitrogens with one attached hydrogen (secondary N) is 2. The Labute approximate surface area is 255 Å². The van der Waals surface area contributed by atoms with E-state index in [1.165, 1.54) is 6.07 Å². The molecule has 234 valence electrons. The fourth-order valence-corrected chi connectivity index (χ4v) is 5.63. The zero-order valence-corrected chi connectivity index (χ0v) is 25.1. The first-order chi connectivity index (χ1) is 21.1. The van der Waals surface area contributed by atoms with Crippen molar-refractivity contribution in [2.24, 2.45) is 0 Å². The highest BCUT2D eigenvalue weighted by Crippen LogP contribution is 2.29. The molecule has 0 radical (unpaired) electrons. The third-order valence-corrected chi connectivity index (χ3v) is 7.87. The number of alkyl halides is 3. The second-order valence-electron chi connectivity index (χ2n) is 11.2. The number of nitrogens with zero attached hydrogens (tertiary/aromatic N) is 1. The molecule has 0 saturated carbocycles. The molecule has 44 heavy (non-hydrogen) atoms. The van der Waals surface area contributed by atoms with Gasteiger partial charge < -0.3 is 20.3 Å². The predicted molar refractivity (Wildman–Crippen MR) is 168 cm³/mol. The minimum Gasteiger partial charge on any atom is -0.390 e. The number of carbonyl (C=O) groups is 1. The van der Waals surface area contributed by atoms with E-state index in [0.717, 1.165) is 43.4 Å². The maximum Gasteiger partial charge on any atom is 0.416 e. The van der Waals surface area contributed by atoms with Gasteiger partial charge in [-0.25, -0.2) is 0 Å². The summed E-state index contributed by atoms with van der Waals surface area (Å²) in [6.07, 6.45) is 0.288. The number of aromatic nitrogens is 1. The van der Waals surface area contributed by atoms with E-state index >= 15 is 0 Å². The Bertz CT molecular complexity index is 1580. The molecule has 1 amide bonds. The molecule has 0 unspecified atom stereocenters. The third kappa shape index (κ3) is 8.36. The molecule has 2 atom stereocenters. The summed E-state index contributed by atoms with van der Waals surface area (Å²) in [6.45, 7) is 4.33. The smallest absolute Gasteiger partial charge is 0.390 e. The van der Waals surface area contributed by atoms with Crippen LogP contribution in [0.1, 0.15) is 72.6 Å². The molecule has 0 spiro atoms. The predicted octanol–water partition coefficient (Wildman–Crippen LogP) is 6.65. The number of pyridine rings is 1. The molecule has 0 bridgehead atoms. The van der Waals surface area contributed by atoms with Gasteiger partial charge in [-0.15, -0.1) is 0 Å². The van der Waals surface area contributed by atoms with Gasteiger partial charge in [0.2, 0.25) is 0 Å². The number of hydrogen-bond acceptors (Lipinski definition) is 4. The van der Waals surface area contributed by atoms with Gasteiger partial charge in [-0.2, -0.15) is 13.2 Å². The summed E-state index contributed by atoms with van der Waals surface area (Å²) >= 11 is 0. The number of hydrogen-bond donors (Lipinski definition) is 3. The van der Waals surface area contributed by atoms with E-state index in [0.29, 0.717) is 28.3 Å². The number of benzene rings is 3. The molecular weight excluding hydrogens is 567 g/mol. The lowest BCUT2D eigenvalue weighted by Crippen LogP contribution is -2.48. The summed E-state index contributed by atoms with van der Waals surface area (Å²) in [5, 5.41) is 18.2. The van der Waals surface area contributed by atoms with Crippen LogP contribution in [0.3, 0.4) is 0 Å². The van der Waals surface area contributed by atoms with Gasteiger partial charge in [0, 0.05) is 41.7 Å². The normalized spacial score (nSPS) is 13.2. The Balaban J connectivity index is 1.54. The number of aliphatic hydroxyl groups excluding tert-OH is 1. The Kier molecular flexibility index (Phi) is 11.4. The van der Waals surface area contributed by atoms with E-state index in [-0.39, 0.29) is 24.7 Å². The van der Waals surface area contributed by atoms with Gasteiger partial charge >= 0.3 is 6.18 Å². The lowest BCUT2D eigenvalue weighted by atomic mass is 9.99. The number of halogens is 3. The van der Waals surface area contributed by atoms with Gasteiger partial charge in [-0.3, -0.25) is 9.59 Å². The van der Waals surface area contributed by atoms with Crippen LogP contribution in [0.25, 0.3) is 10.8 Å². The van der Waals surface area contributed by atoms with Crippen molar-refractivity contribution < 1.29 is 23.1 Å². The lowest BCUT2D eigenvalue weighted by molar-refractivity contribution is -0.137. The largest absolute Gasteiger partial charge is 0.416 e. The molecule has 9 heteroatoms. The quantitative estimate of drug-likeness (QED) is 0.150. The highest BCUT2D eigenvalue weighted by atomic mass is 19.4. The highest BCUT2D eigenvalue weighted by molar-refractivity contribution is 6.06. The molecular formula is C35H40F3N3O3. The third-order valence-electron chi connectivity index (χ3n) is 7.87. The highest BCUT2D eigenvalue weighted by Gasteiger charge is 2.30.